The molecule has 0 aliphatic rings. The topological polar surface area (TPSA) is 57.6 Å². The molecule has 0 bridgehead atoms. The van der Waals surface area contributed by atoms with E-state index >= 15 is 0 Å². The van der Waals surface area contributed by atoms with Crippen LogP contribution in [0.15, 0.2) is 29.2 Å². The van der Waals surface area contributed by atoms with Crippen molar-refractivity contribution >= 4 is 23.6 Å². The second kappa shape index (κ2) is 6.39. The van der Waals surface area contributed by atoms with Gasteiger partial charge in [0.25, 0.3) is 0 Å². The number of carboxylic acids is 1. The number of halogens is 1. The van der Waals surface area contributed by atoms with E-state index in [1.54, 1.807) is 12.1 Å². The summed E-state index contributed by atoms with van der Waals surface area (Å²) in [7, 11) is 1.45. The van der Waals surface area contributed by atoms with Crippen molar-refractivity contribution in [2.24, 2.45) is 0 Å². The van der Waals surface area contributed by atoms with Crippen molar-refractivity contribution in [2.75, 3.05) is 12.8 Å². The molecular weight excluding hydrogens is 257 g/mol. The van der Waals surface area contributed by atoms with E-state index in [0.29, 0.717) is 0 Å². The third-order valence-corrected chi connectivity index (χ3v) is 3.50. The first-order valence-corrected chi connectivity index (χ1v) is 6.27. The van der Waals surface area contributed by atoms with E-state index < -0.39 is 12.0 Å². The van der Waals surface area contributed by atoms with Gasteiger partial charge < -0.3 is 10.0 Å². The fraction of sp³-hybridized carbons (Fsp3) is 0.333. The minimum atomic E-state index is -1.04. The summed E-state index contributed by atoms with van der Waals surface area (Å²) in [5.41, 5.74) is 0. The molecule has 4 nitrogen and oxygen atoms in total. The van der Waals surface area contributed by atoms with Gasteiger partial charge in [-0.15, -0.1) is 11.8 Å². The summed E-state index contributed by atoms with van der Waals surface area (Å²) in [5, 5.41) is 8.77. The van der Waals surface area contributed by atoms with E-state index in [-0.39, 0.29) is 17.5 Å². The molecule has 1 aromatic rings. The fourth-order valence-corrected chi connectivity index (χ4v) is 1.98. The van der Waals surface area contributed by atoms with Crippen LogP contribution in [0.5, 0.6) is 0 Å². The third-order valence-electron chi connectivity index (χ3n) is 2.51. The predicted octanol–water partition coefficient (Wildman–Crippen LogP) is 1.85. The summed E-state index contributed by atoms with van der Waals surface area (Å²) in [6.45, 7) is 1.45. The third kappa shape index (κ3) is 4.03. The van der Waals surface area contributed by atoms with Crippen molar-refractivity contribution in [1.82, 2.24) is 4.90 Å². The van der Waals surface area contributed by atoms with Crippen LogP contribution in [0.1, 0.15) is 6.92 Å². The van der Waals surface area contributed by atoms with Gasteiger partial charge in [0.1, 0.15) is 11.9 Å². The number of carboxylic acid groups (broad SMARTS) is 1. The lowest BCUT2D eigenvalue weighted by Crippen LogP contribution is -2.41. The van der Waals surface area contributed by atoms with Crippen LogP contribution in [0.25, 0.3) is 0 Å². The van der Waals surface area contributed by atoms with E-state index in [4.69, 9.17) is 5.11 Å². The van der Waals surface area contributed by atoms with E-state index in [1.165, 1.54) is 42.8 Å². The summed E-state index contributed by atoms with van der Waals surface area (Å²) >= 11 is 1.24. The Morgan fingerprint density at radius 2 is 1.94 bits per heavy atom. The Kier molecular flexibility index (Phi) is 5.15. The summed E-state index contributed by atoms with van der Waals surface area (Å²) in [4.78, 5) is 24.4. The largest absolute Gasteiger partial charge is 0.480 e. The monoisotopic (exact) mass is 271 g/mol. The number of hydrogen-bond acceptors (Lipinski definition) is 3. The molecule has 0 aliphatic carbocycles. The Morgan fingerprint density at radius 1 is 1.39 bits per heavy atom. The average Bonchev–Trinajstić information content (AvgIpc) is 2.35. The second-order valence-corrected chi connectivity index (χ2v) is 4.81. The predicted molar refractivity (Wildman–Crippen MR) is 67.0 cm³/mol. The highest BCUT2D eigenvalue weighted by Gasteiger charge is 2.21. The van der Waals surface area contributed by atoms with Gasteiger partial charge in [-0.3, -0.25) is 4.79 Å². The van der Waals surface area contributed by atoms with Crippen LogP contribution >= 0.6 is 11.8 Å². The number of aliphatic carboxylic acids is 1. The number of carbonyl (C=O) groups excluding carboxylic acids is 1. The normalized spacial score (nSPS) is 11.9. The van der Waals surface area contributed by atoms with Crippen LogP contribution in [0.3, 0.4) is 0 Å². The number of rotatable bonds is 5. The summed E-state index contributed by atoms with van der Waals surface area (Å²) < 4.78 is 12.7. The van der Waals surface area contributed by atoms with E-state index in [9.17, 15) is 14.0 Å². The van der Waals surface area contributed by atoms with Crippen molar-refractivity contribution in [3.8, 4) is 0 Å². The van der Waals surface area contributed by atoms with Crippen LogP contribution in [-0.2, 0) is 9.59 Å². The summed E-state index contributed by atoms with van der Waals surface area (Å²) in [5.74, 6) is -1.53. The zero-order valence-electron chi connectivity index (χ0n) is 10.1. The van der Waals surface area contributed by atoms with Crippen LogP contribution in [0, 0.1) is 5.82 Å². The molecule has 1 rings (SSSR count). The van der Waals surface area contributed by atoms with Crippen LogP contribution < -0.4 is 0 Å². The molecule has 0 saturated carbocycles. The minimum Gasteiger partial charge on any atom is -0.480 e. The maximum absolute atomic E-state index is 12.7. The summed E-state index contributed by atoms with van der Waals surface area (Å²) in [6, 6.07) is 4.93. The zero-order valence-corrected chi connectivity index (χ0v) is 10.9. The lowest BCUT2D eigenvalue weighted by molar-refractivity contribution is -0.147. The molecule has 6 heteroatoms. The van der Waals surface area contributed by atoms with Gasteiger partial charge in [0.05, 0.1) is 5.75 Å². The first-order chi connectivity index (χ1) is 8.41. The Hall–Kier alpha value is -1.56. The minimum absolute atomic E-state index is 0.125. The molecule has 0 radical (unpaired) electrons. The molecular formula is C12H14FNO3S. The highest BCUT2D eigenvalue weighted by atomic mass is 32.2. The molecule has 0 fully saturated rings. The SMILES string of the molecule is CC(C(=O)O)N(C)C(=O)CSc1ccc(F)cc1. The van der Waals surface area contributed by atoms with Crippen LogP contribution in [0.2, 0.25) is 0 Å². The van der Waals surface area contributed by atoms with Gasteiger partial charge >= 0.3 is 5.97 Å². The van der Waals surface area contributed by atoms with Crippen molar-refractivity contribution < 1.29 is 19.1 Å². The number of carbonyl (C=O) groups is 2. The molecule has 0 heterocycles. The van der Waals surface area contributed by atoms with Crippen molar-refractivity contribution in [3.05, 3.63) is 30.1 Å². The Morgan fingerprint density at radius 3 is 2.44 bits per heavy atom. The molecule has 1 unspecified atom stereocenters. The first kappa shape index (κ1) is 14.5. The molecule has 1 atom stereocenters. The number of nitrogens with zero attached hydrogens (tertiary/aromatic N) is 1. The Labute approximate surface area is 109 Å². The van der Waals surface area contributed by atoms with Crippen molar-refractivity contribution in [3.63, 3.8) is 0 Å². The Bertz CT molecular complexity index is 435. The highest BCUT2D eigenvalue weighted by Crippen LogP contribution is 2.18. The van der Waals surface area contributed by atoms with E-state index in [2.05, 4.69) is 0 Å². The second-order valence-electron chi connectivity index (χ2n) is 3.76. The van der Waals surface area contributed by atoms with Gasteiger partial charge in [0.2, 0.25) is 5.91 Å². The molecule has 0 aromatic heterocycles. The van der Waals surface area contributed by atoms with Crippen LogP contribution in [-0.4, -0.2) is 40.7 Å². The van der Waals surface area contributed by atoms with Gasteiger partial charge in [-0.05, 0) is 31.2 Å². The highest BCUT2D eigenvalue weighted by molar-refractivity contribution is 8.00. The Balaban J connectivity index is 2.50. The first-order valence-electron chi connectivity index (χ1n) is 5.28. The molecule has 0 saturated heterocycles. The average molecular weight is 271 g/mol. The molecule has 1 amide bonds. The number of hydrogen-bond donors (Lipinski definition) is 1. The molecule has 98 valence electrons. The molecule has 1 N–H and O–H groups in total. The number of thioether (sulfide) groups is 1. The molecule has 1 aromatic carbocycles. The lowest BCUT2D eigenvalue weighted by Gasteiger charge is -2.21. The van der Waals surface area contributed by atoms with Crippen LogP contribution in [0.4, 0.5) is 4.39 Å². The van der Waals surface area contributed by atoms with Crippen molar-refractivity contribution in [1.29, 1.82) is 0 Å². The van der Waals surface area contributed by atoms with Crippen molar-refractivity contribution in [2.45, 2.75) is 17.9 Å². The van der Waals surface area contributed by atoms with Gasteiger partial charge in [0.15, 0.2) is 0 Å². The standard InChI is InChI=1S/C12H14FNO3S/c1-8(12(16)17)14(2)11(15)7-18-10-5-3-9(13)4-6-10/h3-6,8H,7H2,1-2H3,(H,16,17). The number of benzene rings is 1. The number of likely N-dealkylation sites (N-methyl/N-ethyl adjacent to an activating group) is 1. The molecule has 18 heavy (non-hydrogen) atoms. The molecule has 0 spiro atoms. The van der Waals surface area contributed by atoms with Gasteiger partial charge in [0, 0.05) is 11.9 Å². The van der Waals surface area contributed by atoms with E-state index in [0.717, 1.165) is 4.90 Å². The maximum Gasteiger partial charge on any atom is 0.326 e. The zero-order chi connectivity index (χ0) is 13.7. The fourth-order valence-electron chi connectivity index (χ4n) is 1.16. The smallest absolute Gasteiger partial charge is 0.326 e. The molecule has 0 aliphatic heterocycles. The quantitative estimate of drug-likeness (QED) is 0.830. The number of amides is 1. The van der Waals surface area contributed by atoms with Gasteiger partial charge in [-0.25, -0.2) is 9.18 Å². The van der Waals surface area contributed by atoms with Gasteiger partial charge in [-0.2, -0.15) is 0 Å². The maximum atomic E-state index is 12.7. The lowest BCUT2D eigenvalue weighted by atomic mass is 10.3. The van der Waals surface area contributed by atoms with Gasteiger partial charge in [-0.1, -0.05) is 0 Å². The van der Waals surface area contributed by atoms with E-state index in [1.807, 2.05) is 0 Å². The summed E-state index contributed by atoms with van der Waals surface area (Å²) in [6.07, 6.45) is 0.